The molecule has 1 aromatic heterocycles. The molecule has 2 heterocycles. The number of carbonyl (C=O) groups is 1. The lowest BCUT2D eigenvalue weighted by molar-refractivity contribution is 0.101. The fourth-order valence-corrected chi connectivity index (χ4v) is 2.46. The van der Waals surface area contributed by atoms with Crippen LogP contribution in [0.15, 0.2) is 30.3 Å². The summed E-state index contributed by atoms with van der Waals surface area (Å²) in [5.41, 5.74) is 3.33. The molecule has 0 radical (unpaired) electrons. The first-order valence-corrected chi connectivity index (χ1v) is 6.65. The van der Waals surface area contributed by atoms with E-state index in [4.69, 9.17) is 0 Å². The average molecular weight is 271 g/mol. The van der Waals surface area contributed by atoms with E-state index in [1.54, 1.807) is 18.2 Å². The highest BCUT2D eigenvalue weighted by Gasteiger charge is 2.17. The molecule has 0 saturated carbocycles. The number of aryl methyl sites for hydroxylation is 1. The second kappa shape index (κ2) is 5.02. The molecule has 1 aliphatic rings. The zero-order valence-electron chi connectivity index (χ0n) is 11.3. The van der Waals surface area contributed by atoms with Crippen molar-refractivity contribution in [3.8, 4) is 5.75 Å². The van der Waals surface area contributed by atoms with Crippen LogP contribution < -0.4 is 10.6 Å². The fraction of sp³-hybridized carbons (Fsp3) is 0.267. The Morgan fingerprint density at radius 3 is 3.05 bits per heavy atom. The van der Waals surface area contributed by atoms with E-state index < -0.39 is 0 Å². The quantitative estimate of drug-likeness (QED) is 0.781. The third-order valence-electron chi connectivity index (χ3n) is 3.59. The van der Waals surface area contributed by atoms with Gasteiger partial charge < -0.3 is 20.3 Å². The standard InChI is InChI=1S/C15H17N3O2/c1-10-2-4-12(19)8-13(10)17-15(20)14-5-3-11-9-16-6-7-18(11)14/h2-5,8,16,19H,6-7,9H2,1H3,(H,17,20). The molecular weight excluding hydrogens is 254 g/mol. The summed E-state index contributed by atoms with van der Waals surface area (Å²) < 4.78 is 2.03. The van der Waals surface area contributed by atoms with Gasteiger partial charge >= 0.3 is 0 Å². The number of hydrogen-bond acceptors (Lipinski definition) is 3. The number of fused-ring (bicyclic) bond motifs is 1. The lowest BCUT2D eigenvalue weighted by Gasteiger charge is -2.19. The molecule has 0 atom stereocenters. The normalized spacial score (nSPS) is 13.8. The van der Waals surface area contributed by atoms with Gasteiger partial charge in [-0.3, -0.25) is 4.79 Å². The van der Waals surface area contributed by atoms with Gasteiger partial charge in [0.05, 0.1) is 0 Å². The number of carbonyl (C=O) groups excluding carboxylic acids is 1. The molecular formula is C15H17N3O2. The average Bonchev–Trinajstić information content (AvgIpc) is 2.87. The first-order chi connectivity index (χ1) is 9.65. The predicted octanol–water partition coefficient (Wildman–Crippen LogP) is 1.86. The van der Waals surface area contributed by atoms with Crippen molar-refractivity contribution in [3.05, 3.63) is 47.3 Å². The minimum atomic E-state index is -0.146. The van der Waals surface area contributed by atoms with Crippen molar-refractivity contribution in [1.29, 1.82) is 0 Å². The van der Waals surface area contributed by atoms with Crippen molar-refractivity contribution in [1.82, 2.24) is 9.88 Å². The third kappa shape index (κ3) is 2.28. The van der Waals surface area contributed by atoms with Crippen molar-refractivity contribution in [2.45, 2.75) is 20.0 Å². The van der Waals surface area contributed by atoms with Crippen LogP contribution in [0, 0.1) is 6.92 Å². The molecule has 0 bridgehead atoms. The Bertz CT molecular complexity index is 661. The Kier molecular flexibility index (Phi) is 3.20. The predicted molar refractivity (Wildman–Crippen MR) is 76.9 cm³/mol. The number of phenolic OH excluding ortho intramolecular Hbond substituents is 1. The number of rotatable bonds is 2. The van der Waals surface area contributed by atoms with Gasteiger partial charge in [0.15, 0.2) is 0 Å². The van der Waals surface area contributed by atoms with E-state index >= 15 is 0 Å². The number of nitrogens with one attached hydrogen (secondary N) is 2. The van der Waals surface area contributed by atoms with Gasteiger partial charge in [0.2, 0.25) is 0 Å². The maximum Gasteiger partial charge on any atom is 0.272 e. The Labute approximate surface area is 117 Å². The maximum atomic E-state index is 12.4. The Morgan fingerprint density at radius 1 is 1.35 bits per heavy atom. The first kappa shape index (κ1) is 12.7. The van der Waals surface area contributed by atoms with Gasteiger partial charge in [-0.05, 0) is 30.7 Å². The molecule has 5 heteroatoms. The Hall–Kier alpha value is -2.27. The molecule has 0 unspecified atom stereocenters. The minimum absolute atomic E-state index is 0.146. The molecule has 2 aromatic rings. The Morgan fingerprint density at radius 2 is 2.20 bits per heavy atom. The molecule has 1 amide bonds. The van der Waals surface area contributed by atoms with Crippen molar-refractivity contribution in [2.24, 2.45) is 0 Å². The lowest BCUT2D eigenvalue weighted by atomic mass is 10.2. The van der Waals surface area contributed by atoms with E-state index in [0.717, 1.165) is 30.9 Å². The molecule has 3 rings (SSSR count). The van der Waals surface area contributed by atoms with Gasteiger partial charge in [0, 0.05) is 37.1 Å². The number of amides is 1. The summed E-state index contributed by atoms with van der Waals surface area (Å²) in [6.07, 6.45) is 0. The number of benzene rings is 1. The van der Waals surface area contributed by atoms with Crippen LogP contribution in [0.4, 0.5) is 5.69 Å². The largest absolute Gasteiger partial charge is 0.508 e. The number of aromatic nitrogens is 1. The van der Waals surface area contributed by atoms with E-state index in [9.17, 15) is 9.90 Å². The van der Waals surface area contributed by atoms with Gasteiger partial charge in [-0.15, -0.1) is 0 Å². The maximum absolute atomic E-state index is 12.4. The summed E-state index contributed by atoms with van der Waals surface area (Å²) in [6, 6.07) is 8.76. The SMILES string of the molecule is Cc1ccc(O)cc1NC(=O)c1ccc2n1CCNC2. The fourth-order valence-electron chi connectivity index (χ4n) is 2.46. The minimum Gasteiger partial charge on any atom is -0.508 e. The number of phenols is 1. The van der Waals surface area contributed by atoms with Crippen LogP contribution in [0.3, 0.4) is 0 Å². The summed E-state index contributed by atoms with van der Waals surface area (Å²) in [4.78, 5) is 12.4. The molecule has 0 aliphatic carbocycles. The van der Waals surface area contributed by atoms with Crippen LogP contribution in [0.5, 0.6) is 5.75 Å². The molecule has 3 N–H and O–H groups in total. The lowest BCUT2D eigenvalue weighted by Crippen LogP contribution is -2.30. The highest BCUT2D eigenvalue weighted by Crippen LogP contribution is 2.22. The van der Waals surface area contributed by atoms with Crippen molar-refractivity contribution < 1.29 is 9.90 Å². The summed E-state index contributed by atoms with van der Waals surface area (Å²) >= 11 is 0. The highest BCUT2D eigenvalue weighted by molar-refractivity contribution is 6.03. The molecule has 5 nitrogen and oxygen atoms in total. The molecule has 1 aromatic carbocycles. The van der Waals surface area contributed by atoms with Crippen LogP contribution in [-0.4, -0.2) is 22.1 Å². The highest BCUT2D eigenvalue weighted by atomic mass is 16.3. The molecule has 0 spiro atoms. The van der Waals surface area contributed by atoms with Gasteiger partial charge in [-0.25, -0.2) is 0 Å². The van der Waals surface area contributed by atoms with E-state index in [2.05, 4.69) is 10.6 Å². The van der Waals surface area contributed by atoms with Crippen LogP contribution >= 0.6 is 0 Å². The molecule has 20 heavy (non-hydrogen) atoms. The van der Waals surface area contributed by atoms with Gasteiger partial charge in [0.25, 0.3) is 5.91 Å². The van der Waals surface area contributed by atoms with Crippen LogP contribution in [-0.2, 0) is 13.1 Å². The van der Waals surface area contributed by atoms with Crippen LogP contribution in [0.25, 0.3) is 0 Å². The van der Waals surface area contributed by atoms with Crippen molar-refractivity contribution >= 4 is 11.6 Å². The van der Waals surface area contributed by atoms with Crippen molar-refractivity contribution in [3.63, 3.8) is 0 Å². The van der Waals surface area contributed by atoms with Gasteiger partial charge in [-0.2, -0.15) is 0 Å². The summed E-state index contributed by atoms with van der Waals surface area (Å²) in [7, 11) is 0. The number of aromatic hydroxyl groups is 1. The zero-order valence-corrected chi connectivity index (χ0v) is 11.3. The number of nitrogens with zero attached hydrogens (tertiary/aromatic N) is 1. The third-order valence-corrected chi connectivity index (χ3v) is 3.59. The summed E-state index contributed by atoms with van der Waals surface area (Å²) in [5.74, 6) is -0.000798. The van der Waals surface area contributed by atoms with E-state index in [1.807, 2.05) is 23.6 Å². The topological polar surface area (TPSA) is 66.3 Å². The molecule has 0 fully saturated rings. The van der Waals surface area contributed by atoms with E-state index in [-0.39, 0.29) is 11.7 Å². The van der Waals surface area contributed by atoms with E-state index in [0.29, 0.717) is 11.4 Å². The van der Waals surface area contributed by atoms with Crippen LogP contribution in [0.1, 0.15) is 21.7 Å². The number of anilines is 1. The summed E-state index contributed by atoms with van der Waals surface area (Å²) in [6.45, 7) is 4.35. The second-order valence-electron chi connectivity index (χ2n) is 4.99. The zero-order chi connectivity index (χ0) is 14.1. The van der Waals surface area contributed by atoms with Gasteiger partial charge in [-0.1, -0.05) is 6.07 Å². The second-order valence-corrected chi connectivity index (χ2v) is 4.99. The summed E-state index contributed by atoms with van der Waals surface area (Å²) in [5, 5.41) is 15.6. The monoisotopic (exact) mass is 271 g/mol. The van der Waals surface area contributed by atoms with E-state index in [1.165, 1.54) is 0 Å². The molecule has 1 aliphatic heterocycles. The first-order valence-electron chi connectivity index (χ1n) is 6.65. The number of hydrogen-bond donors (Lipinski definition) is 3. The van der Waals surface area contributed by atoms with Crippen molar-refractivity contribution in [2.75, 3.05) is 11.9 Å². The van der Waals surface area contributed by atoms with Gasteiger partial charge in [0.1, 0.15) is 11.4 Å². The Balaban J connectivity index is 1.86. The molecule has 0 saturated heterocycles. The van der Waals surface area contributed by atoms with Crippen LogP contribution in [0.2, 0.25) is 0 Å². The smallest absolute Gasteiger partial charge is 0.272 e. The molecule has 104 valence electrons.